The minimum absolute atomic E-state index is 0.0666. The second kappa shape index (κ2) is 19.8. The second-order valence-electron chi connectivity index (χ2n) is 15.2. The summed E-state index contributed by atoms with van der Waals surface area (Å²) < 4.78 is 27.4. The number of nitrogens with two attached hydrogens (primary N) is 1. The molecule has 6 bridgehead atoms. The number of rotatable bonds is 8. The summed E-state index contributed by atoms with van der Waals surface area (Å²) in [5, 5.41) is 16.5. The lowest BCUT2D eigenvalue weighted by Gasteiger charge is -2.21. The molecule has 304 valence electrons. The average Bonchev–Trinajstić information content (AvgIpc) is 3.22. The second-order valence-corrected chi connectivity index (χ2v) is 17.3. The molecule has 11 nitrogen and oxygen atoms in total. The van der Waals surface area contributed by atoms with Crippen LogP contribution in [0.1, 0.15) is 56.5 Å². The summed E-state index contributed by atoms with van der Waals surface area (Å²) in [6, 6.07) is 38.0. The number of fused-ring (bicyclic) bond motifs is 2. The summed E-state index contributed by atoms with van der Waals surface area (Å²) in [7, 11) is -3.76. The number of amidine groups is 1. The van der Waals surface area contributed by atoms with Crippen LogP contribution >= 0.6 is 0 Å². The smallest absolute Gasteiger partial charge is 0.224 e. The van der Waals surface area contributed by atoms with Crippen molar-refractivity contribution in [3.05, 3.63) is 177 Å². The van der Waals surface area contributed by atoms with Crippen molar-refractivity contribution in [2.45, 2.75) is 57.5 Å². The first-order valence-electron chi connectivity index (χ1n) is 19.6. The van der Waals surface area contributed by atoms with Gasteiger partial charge in [-0.25, -0.2) is 8.42 Å². The fourth-order valence-corrected chi connectivity index (χ4v) is 8.90. The third kappa shape index (κ3) is 13.1. The molecule has 5 aromatic rings. The molecule has 0 radical (unpaired) electrons. The monoisotopic (exact) mass is 811 g/mol. The Morgan fingerprint density at radius 3 is 1.75 bits per heavy atom. The number of benzene rings is 5. The number of hydrogen-bond donors (Lipinski definition) is 5. The molecule has 3 aliphatic rings. The molecule has 59 heavy (non-hydrogen) atoms. The van der Waals surface area contributed by atoms with Crippen LogP contribution in [0.25, 0.3) is 0 Å². The Bertz CT molecular complexity index is 2380. The highest BCUT2D eigenvalue weighted by molar-refractivity contribution is 7.90. The summed E-state index contributed by atoms with van der Waals surface area (Å²) >= 11 is 0. The van der Waals surface area contributed by atoms with Crippen molar-refractivity contribution in [3.8, 4) is 0 Å². The fraction of sp³-hybridized carbons (Fsp3) is 0.255. The largest absolute Gasteiger partial charge is 0.384 e. The zero-order valence-electron chi connectivity index (χ0n) is 32.8. The Hall–Kier alpha value is -6.40. The number of nitrogens with one attached hydrogen (secondary N) is 4. The molecule has 6 N–H and O–H groups in total. The first kappa shape index (κ1) is 42.2. The summed E-state index contributed by atoms with van der Waals surface area (Å²) in [4.78, 5) is 54.2. The van der Waals surface area contributed by atoms with E-state index in [2.05, 4.69) is 16.0 Å². The first-order valence-corrected chi connectivity index (χ1v) is 21.4. The van der Waals surface area contributed by atoms with E-state index in [1.165, 1.54) is 0 Å². The van der Waals surface area contributed by atoms with Crippen molar-refractivity contribution in [1.29, 1.82) is 5.41 Å². The quantitative estimate of drug-likeness (QED) is 0.109. The van der Waals surface area contributed by atoms with E-state index in [0.717, 1.165) is 38.9 Å². The molecule has 0 aliphatic carbocycles. The minimum Gasteiger partial charge on any atom is -0.384 e. The molecule has 0 aromatic heterocycles. The number of amides is 3. The van der Waals surface area contributed by atoms with Crippen LogP contribution < -0.4 is 21.7 Å². The summed E-state index contributed by atoms with van der Waals surface area (Å²) in [5.74, 6) is -3.47. The number of nitrogen functional groups attached to an aromatic ring is 1. The summed E-state index contributed by atoms with van der Waals surface area (Å²) in [5.41, 5.74) is 12.4. The van der Waals surface area contributed by atoms with Gasteiger partial charge in [-0.2, -0.15) is 0 Å². The van der Waals surface area contributed by atoms with Crippen molar-refractivity contribution < 1.29 is 27.6 Å². The minimum atomic E-state index is -3.76. The molecular formula is C47H49N5O6S. The van der Waals surface area contributed by atoms with Gasteiger partial charge >= 0.3 is 0 Å². The van der Waals surface area contributed by atoms with E-state index in [1.807, 2.05) is 78.9 Å². The van der Waals surface area contributed by atoms with E-state index in [-0.39, 0.29) is 86.8 Å². The van der Waals surface area contributed by atoms with Crippen LogP contribution in [0.4, 0.5) is 0 Å². The van der Waals surface area contributed by atoms with Crippen molar-refractivity contribution in [2.75, 3.05) is 5.75 Å². The SMILES string of the molecule is N=C(N)c1ccc(CNC(=O)[C@H]2CC(=O)[C@H](CS(=O)(=O)Cc3ccccc3)Cc3ccc(cc3)CNC(=O)Cc3cccc(c3)CC(=O)NCc3ccc(cc3)C2)cc1. The standard InChI is InChI=1S/C47H49N5O6S/c48-46(49)40-19-17-36(18-20-40)29-52-47(56)41-22-32-9-13-34(14-10-32)27-50-44(54)24-38-7-4-8-39(21-38)25-45(55)51-28-35-15-11-33(12-16-35)23-42(43(53)26-41)31-59(57,58)30-37-5-2-1-3-6-37/h1-21,41-42H,22-31H2,(H3,48,49)(H,50,54)(H,51,55)(H,52,56)/t41-,42+/m1/s1. The van der Waals surface area contributed by atoms with Crippen LogP contribution in [-0.4, -0.2) is 43.5 Å². The van der Waals surface area contributed by atoms with Gasteiger partial charge in [-0.05, 0) is 57.3 Å². The van der Waals surface area contributed by atoms with Crippen molar-refractivity contribution in [2.24, 2.45) is 17.6 Å². The zero-order valence-corrected chi connectivity index (χ0v) is 33.6. The van der Waals surface area contributed by atoms with E-state index in [0.29, 0.717) is 11.1 Å². The Morgan fingerprint density at radius 2 is 1.19 bits per heavy atom. The molecule has 2 atom stereocenters. The van der Waals surface area contributed by atoms with Gasteiger partial charge in [0.1, 0.15) is 11.6 Å². The third-order valence-corrected chi connectivity index (χ3v) is 12.1. The van der Waals surface area contributed by atoms with Crippen LogP contribution in [0.15, 0.2) is 127 Å². The number of sulfone groups is 1. The van der Waals surface area contributed by atoms with E-state index >= 15 is 0 Å². The van der Waals surface area contributed by atoms with Gasteiger partial charge in [-0.15, -0.1) is 0 Å². The highest BCUT2D eigenvalue weighted by Gasteiger charge is 2.31. The van der Waals surface area contributed by atoms with Gasteiger partial charge in [0.15, 0.2) is 9.84 Å². The Morgan fingerprint density at radius 1 is 0.644 bits per heavy atom. The van der Waals surface area contributed by atoms with Crippen LogP contribution in [-0.2, 0) is 80.1 Å². The highest BCUT2D eigenvalue weighted by Crippen LogP contribution is 2.23. The van der Waals surface area contributed by atoms with Gasteiger partial charge in [0.2, 0.25) is 17.7 Å². The Kier molecular flexibility index (Phi) is 14.2. The molecule has 12 heteroatoms. The number of ketones is 1. The van der Waals surface area contributed by atoms with Crippen molar-refractivity contribution >= 4 is 39.2 Å². The van der Waals surface area contributed by atoms with E-state index in [9.17, 15) is 27.6 Å². The maximum absolute atomic E-state index is 14.4. The molecule has 0 saturated heterocycles. The maximum atomic E-state index is 14.4. The first-order chi connectivity index (χ1) is 28.4. The van der Waals surface area contributed by atoms with Crippen molar-refractivity contribution in [3.63, 3.8) is 0 Å². The fourth-order valence-electron chi connectivity index (χ4n) is 7.16. The number of Topliss-reactive ketones (excluding diaryl/α,β-unsaturated/α-hetero) is 1. The predicted molar refractivity (Wildman–Crippen MR) is 228 cm³/mol. The molecule has 0 fully saturated rings. The molecule has 0 spiro atoms. The molecule has 3 aliphatic heterocycles. The number of carbonyl (C=O) groups excluding carboxylic acids is 4. The lowest BCUT2D eigenvalue weighted by atomic mass is 9.87. The van der Waals surface area contributed by atoms with Crippen LogP contribution in [0.2, 0.25) is 0 Å². The number of carbonyl (C=O) groups is 4. The predicted octanol–water partition coefficient (Wildman–Crippen LogP) is 4.91. The normalized spacial score (nSPS) is 16.9. The molecule has 5 aromatic carbocycles. The lowest BCUT2D eigenvalue weighted by Crippen LogP contribution is -2.36. The van der Waals surface area contributed by atoms with Gasteiger partial charge in [-0.1, -0.05) is 127 Å². The van der Waals surface area contributed by atoms with E-state index in [4.69, 9.17) is 11.1 Å². The van der Waals surface area contributed by atoms with E-state index < -0.39 is 27.4 Å². The van der Waals surface area contributed by atoms with Crippen LogP contribution in [0.3, 0.4) is 0 Å². The third-order valence-electron chi connectivity index (χ3n) is 10.4. The topological polar surface area (TPSA) is 188 Å². The summed E-state index contributed by atoms with van der Waals surface area (Å²) in [6.45, 7) is 0.726. The highest BCUT2D eigenvalue weighted by atomic mass is 32.2. The van der Waals surface area contributed by atoms with Gasteiger partial charge in [-0.3, -0.25) is 24.6 Å². The van der Waals surface area contributed by atoms with Gasteiger partial charge in [0.05, 0.1) is 24.3 Å². The molecule has 0 saturated carbocycles. The summed E-state index contributed by atoms with van der Waals surface area (Å²) in [6.07, 6.45) is 0.471. The molecular weight excluding hydrogens is 763 g/mol. The average molecular weight is 812 g/mol. The van der Waals surface area contributed by atoms with Gasteiger partial charge < -0.3 is 21.7 Å². The molecule has 3 heterocycles. The Labute approximate surface area is 345 Å². The Balaban J connectivity index is 1.28. The zero-order chi connectivity index (χ0) is 41.8. The maximum Gasteiger partial charge on any atom is 0.224 e. The number of hydrogen-bond acceptors (Lipinski definition) is 7. The van der Waals surface area contributed by atoms with Crippen LogP contribution in [0.5, 0.6) is 0 Å². The van der Waals surface area contributed by atoms with Crippen molar-refractivity contribution in [1.82, 2.24) is 16.0 Å². The molecule has 0 unspecified atom stereocenters. The van der Waals surface area contributed by atoms with Gasteiger partial charge in [0.25, 0.3) is 0 Å². The lowest BCUT2D eigenvalue weighted by molar-refractivity contribution is -0.130. The molecule has 3 amide bonds. The van der Waals surface area contributed by atoms with E-state index in [1.54, 1.807) is 48.5 Å². The van der Waals surface area contributed by atoms with Crippen LogP contribution in [0, 0.1) is 17.2 Å². The molecule has 8 rings (SSSR count). The van der Waals surface area contributed by atoms with Gasteiger partial charge in [0, 0.05) is 43.5 Å².